The van der Waals surface area contributed by atoms with Crippen LogP contribution >= 0.6 is 0 Å². The Labute approximate surface area is 139 Å². The van der Waals surface area contributed by atoms with Crippen molar-refractivity contribution in [2.75, 3.05) is 6.61 Å². The van der Waals surface area contributed by atoms with E-state index in [1.165, 1.54) is 0 Å². The number of oxime groups is 1. The summed E-state index contributed by atoms with van der Waals surface area (Å²) in [5, 5.41) is 2.96. The molecule has 0 N–H and O–H groups in total. The molecule has 1 atom stereocenters. The second kappa shape index (κ2) is 8.70. The van der Waals surface area contributed by atoms with Crippen LogP contribution in [0.3, 0.4) is 0 Å². The minimum atomic E-state index is -2.28. The summed E-state index contributed by atoms with van der Waals surface area (Å²) in [6.45, 7) is 0.0475. The van der Waals surface area contributed by atoms with Gasteiger partial charge < -0.3 is 9.57 Å². The summed E-state index contributed by atoms with van der Waals surface area (Å²) in [5.74, 6) is -11.5. The predicted molar refractivity (Wildman–Crippen MR) is 77.3 cm³/mol. The van der Waals surface area contributed by atoms with Gasteiger partial charge in [-0.05, 0) is 19.3 Å². The van der Waals surface area contributed by atoms with E-state index in [9.17, 15) is 26.7 Å². The van der Waals surface area contributed by atoms with Crippen LogP contribution in [0.2, 0.25) is 0 Å². The molecule has 1 unspecified atom stereocenters. The smallest absolute Gasteiger partial charge is 0.337 e. The molecular formula is C16H14F5NO3. The van der Waals surface area contributed by atoms with Gasteiger partial charge in [-0.25, -0.2) is 26.7 Å². The van der Waals surface area contributed by atoms with Gasteiger partial charge in [0.05, 0.1) is 30.9 Å². The molecule has 0 fully saturated rings. The van der Waals surface area contributed by atoms with Crippen molar-refractivity contribution in [3.05, 3.63) is 46.8 Å². The minimum absolute atomic E-state index is 0.0475. The van der Waals surface area contributed by atoms with E-state index in [1.54, 1.807) is 0 Å². The Balaban J connectivity index is 1.87. The molecule has 0 radical (unpaired) electrons. The van der Waals surface area contributed by atoms with E-state index >= 15 is 0 Å². The fraction of sp³-hybridized carbons (Fsp3) is 0.375. The normalized spacial score (nSPS) is 17.2. The highest BCUT2D eigenvalue weighted by atomic mass is 19.2. The van der Waals surface area contributed by atoms with Crippen molar-refractivity contribution >= 4 is 12.2 Å². The summed E-state index contributed by atoms with van der Waals surface area (Å²) in [7, 11) is 0. The second-order valence-corrected chi connectivity index (χ2v) is 5.20. The van der Waals surface area contributed by atoms with Gasteiger partial charge in [0.2, 0.25) is 5.82 Å². The van der Waals surface area contributed by atoms with Crippen molar-refractivity contribution in [2.24, 2.45) is 5.16 Å². The lowest BCUT2D eigenvalue weighted by molar-refractivity contribution is -0.145. The number of allylic oxidation sites excluding steroid dienone is 1. The third kappa shape index (κ3) is 4.85. The number of nitrogens with zero attached hydrogens (tertiary/aromatic N) is 1. The maximum atomic E-state index is 13.4. The van der Waals surface area contributed by atoms with Gasteiger partial charge >= 0.3 is 5.97 Å². The molecule has 1 aromatic carbocycles. The summed E-state index contributed by atoms with van der Waals surface area (Å²) in [6, 6.07) is 0. The van der Waals surface area contributed by atoms with Gasteiger partial charge in [0.1, 0.15) is 0 Å². The molecule has 9 heteroatoms. The molecule has 25 heavy (non-hydrogen) atoms. The van der Waals surface area contributed by atoms with Gasteiger partial charge in [-0.2, -0.15) is 0 Å². The van der Waals surface area contributed by atoms with Crippen LogP contribution in [-0.2, 0) is 14.4 Å². The maximum Gasteiger partial charge on any atom is 0.337 e. The number of hydrogen-bond acceptors (Lipinski definition) is 4. The van der Waals surface area contributed by atoms with Gasteiger partial charge in [0.15, 0.2) is 23.3 Å². The van der Waals surface area contributed by atoms with Crippen LogP contribution < -0.4 is 0 Å². The zero-order valence-corrected chi connectivity index (χ0v) is 12.9. The SMILES string of the molecule is O=C(CCOC1C=CCCC1)O/N=C\c1c(F)c(F)c(F)c(F)c1F. The third-order valence-corrected chi connectivity index (χ3v) is 3.43. The van der Waals surface area contributed by atoms with Crippen LogP contribution in [0, 0.1) is 29.1 Å². The van der Waals surface area contributed by atoms with E-state index in [2.05, 4.69) is 9.99 Å². The van der Waals surface area contributed by atoms with Gasteiger partial charge in [-0.1, -0.05) is 17.3 Å². The van der Waals surface area contributed by atoms with E-state index in [0.717, 1.165) is 19.3 Å². The maximum absolute atomic E-state index is 13.4. The van der Waals surface area contributed by atoms with E-state index in [0.29, 0.717) is 0 Å². The molecule has 0 spiro atoms. The largest absolute Gasteiger partial charge is 0.374 e. The average Bonchev–Trinajstić information content (AvgIpc) is 2.62. The Morgan fingerprint density at radius 3 is 2.36 bits per heavy atom. The summed E-state index contributed by atoms with van der Waals surface area (Å²) in [4.78, 5) is 15.7. The molecule has 1 aromatic rings. The van der Waals surface area contributed by atoms with Crippen molar-refractivity contribution in [2.45, 2.75) is 31.8 Å². The summed E-state index contributed by atoms with van der Waals surface area (Å²) < 4.78 is 70.9. The Morgan fingerprint density at radius 2 is 1.76 bits per heavy atom. The van der Waals surface area contributed by atoms with E-state index in [4.69, 9.17) is 4.74 Å². The molecule has 0 saturated carbocycles. The first kappa shape index (κ1) is 19.0. The molecular weight excluding hydrogens is 349 g/mol. The Kier molecular flexibility index (Phi) is 6.63. The first-order chi connectivity index (χ1) is 11.9. The molecule has 1 aliphatic rings. The lowest BCUT2D eigenvalue weighted by Gasteiger charge is -2.16. The van der Waals surface area contributed by atoms with Gasteiger partial charge in [0, 0.05) is 0 Å². The number of carbonyl (C=O) groups is 1. The zero-order chi connectivity index (χ0) is 18.4. The Morgan fingerprint density at radius 1 is 1.12 bits per heavy atom. The van der Waals surface area contributed by atoms with Gasteiger partial charge in [-0.3, -0.25) is 0 Å². The number of carbonyl (C=O) groups excluding carboxylic acids is 1. The fourth-order valence-corrected chi connectivity index (χ4v) is 2.13. The Bertz CT molecular complexity index is 676. The topological polar surface area (TPSA) is 47.9 Å². The average molecular weight is 363 g/mol. The second-order valence-electron chi connectivity index (χ2n) is 5.20. The highest BCUT2D eigenvalue weighted by molar-refractivity contribution is 5.81. The summed E-state index contributed by atoms with van der Waals surface area (Å²) in [5.41, 5.74) is -1.30. The van der Waals surface area contributed by atoms with Crippen molar-refractivity contribution in [3.63, 3.8) is 0 Å². The van der Waals surface area contributed by atoms with E-state index < -0.39 is 40.6 Å². The molecule has 4 nitrogen and oxygen atoms in total. The van der Waals surface area contributed by atoms with E-state index in [-0.39, 0.29) is 25.3 Å². The van der Waals surface area contributed by atoms with Crippen LogP contribution in [0.5, 0.6) is 0 Å². The molecule has 0 aliphatic heterocycles. The first-order valence-corrected chi connectivity index (χ1v) is 7.44. The number of rotatable bonds is 6. The van der Waals surface area contributed by atoms with Crippen molar-refractivity contribution < 1.29 is 36.3 Å². The third-order valence-electron chi connectivity index (χ3n) is 3.43. The standard InChI is InChI=1S/C16H14F5NO3/c17-12-10(13(18)15(20)16(21)14(12)19)8-22-25-11(23)6-7-24-9-4-2-1-3-5-9/h2,4,8-9H,1,3,5-7H2/b22-8-. The number of hydrogen-bond donors (Lipinski definition) is 0. The van der Waals surface area contributed by atoms with Crippen LogP contribution in [0.4, 0.5) is 22.0 Å². The molecule has 0 amide bonds. The molecule has 1 aliphatic carbocycles. The number of benzene rings is 1. The molecule has 0 aromatic heterocycles. The van der Waals surface area contributed by atoms with Gasteiger partial charge in [-0.15, -0.1) is 0 Å². The Hall–Kier alpha value is -2.29. The molecule has 136 valence electrons. The highest BCUT2D eigenvalue weighted by Gasteiger charge is 2.24. The summed E-state index contributed by atoms with van der Waals surface area (Å²) >= 11 is 0. The van der Waals surface area contributed by atoms with Crippen LogP contribution in [0.1, 0.15) is 31.2 Å². The first-order valence-electron chi connectivity index (χ1n) is 7.44. The van der Waals surface area contributed by atoms with Crippen molar-refractivity contribution in [1.82, 2.24) is 0 Å². The number of halogens is 5. The quantitative estimate of drug-likeness (QED) is 0.147. The molecule has 0 heterocycles. The lowest BCUT2D eigenvalue weighted by Crippen LogP contribution is -2.15. The zero-order valence-electron chi connectivity index (χ0n) is 12.9. The van der Waals surface area contributed by atoms with Crippen LogP contribution in [0.25, 0.3) is 0 Å². The summed E-state index contributed by atoms with van der Waals surface area (Å²) in [6.07, 6.45) is 6.64. The highest BCUT2D eigenvalue weighted by Crippen LogP contribution is 2.21. The van der Waals surface area contributed by atoms with Crippen molar-refractivity contribution in [1.29, 1.82) is 0 Å². The fourth-order valence-electron chi connectivity index (χ4n) is 2.13. The molecule has 0 saturated heterocycles. The van der Waals surface area contributed by atoms with E-state index in [1.807, 2.05) is 12.2 Å². The number of ether oxygens (including phenoxy) is 1. The van der Waals surface area contributed by atoms with Crippen LogP contribution in [-0.4, -0.2) is 24.9 Å². The van der Waals surface area contributed by atoms with Gasteiger partial charge in [0.25, 0.3) is 0 Å². The monoisotopic (exact) mass is 363 g/mol. The lowest BCUT2D eigenvalue weighted by atomic mass is 10.1. The van der Waals surface area contributed by atoms with Crippen LogP contribution in [0.15, 0.2) is 17.3 Å². The minimum Gasteiger partial charge on any atom is -0.374 e. The van der Waals surface area contributed by atoms with Crippen molar-refractivity contribution in [3.8, 4) is 0 Å². The predicted octanol–water partition coefficient (Wildman–Crippen LogP) is 3.77. The molecule has 2 rings (SSSR count). The molecule has 0 bridgehead atoms.